The Kier molecular flexibility index (Phi) is 12.7. The molecule has 0 bridgehead atoms. The number of hydrogen-bond donors (Lipinski definition) is 0. The fourth-order valence-corrected chi connectivity index (χ4v) is 1.83. The molecule has 0 spiro atoms. The number of hydrogen-bond acceptors (Lipinski definition) is 0. The standard InChI is InChI=1S/C12H9.C8H13.Zn/c1-3-7-11(8-4-1)12-9-5-2-6-10-12;1-3-5-7-8-6-4-2;/h1-9H;3,5-8H2,1H3;/q2*-1;+2. The topological polar surface area (TPSA) is 0 Å². The summed E-state index contributed by atoms with van der Waals surface area (Å²) in [5, 5.41) is 0. The minimum atomic E-state index is 0. The van der Waals surface area contributed by atoms with E-state index >= 15 is 0 Å². The van der Waals surface area contributed by atoms with Gasteiger partial charge < -0.3 is 12.3 Å². The molecule has 0 unspecified atom stereocenters. The first kappa shape index (κ1) is 19.6. The summed E-state index contributed by atoms with van der Waals surface area (Å²) in [5.41, 5.74) is 2.37. The predicted octanol–water partition coefficient (Wildman–Crippen LogP) is 5.70. The summed E-state index contributed by atoms with van der Waals surface area (Å²) in [6.45, 7) is 2.19. The van der Waals surface area contributed by atoms with Gasteiger partial charge in [0, 0.05) is 0 Å². The summed E-state index contributed by atoms with van der Waals surface area (Å²) in [6.07, 6.45) is 12.4. The van der Waals surface area contributed by atoms with Gasteiger partial charge in [-0.15, -0.1) is 35.9 Å². The van der Waals surface area contributed by atoms with Crippen LogP contribution in [0.5, 0.6) is 0 Å². The van der Waals surface area contributed by atoms with Crippen molar-refractivity contribution < 1.29 is 19.5 Å². The van der Waals surface area contributed by atoms with Crippen LogP contribution in [-0.2, 0) is 19.5 Å². The van der Waals surface area contributed by atoms with Crippen molar-refractivity contribution in [2.24, 2.45) is 0 Å². The second kappa shape index (κ2) is 13.6. The van der Waals surface area contributed by atoms with Crippen LogP contribution < -0.4 is 0 Å². The normalized spacial score (nSPS) is 8.76. The molecule has 0 aliphatic heterocycles. The van der Waals surface area contributed by atoms with Crippen molar-refractivity contribution in [2.45, 2.75) is 39.0 Å². The van der Waals surface area contributed by atoms with Crippen LogP contribution in [0.4, 0.5) is 0 Å². The minimum Gasteiger partial charge on any atom is -0.694 e. The van der Waals surface area contributed by atoms with Crippen molar-refractivity contribution in [1.82, 2.24) is 0 Å². The van der Waals surface area contributed by atoms with E-state index in [9.17, 15) is 0 Å². The van der Waals surface area contributed by atoms with E-state index in [1.54, 1.807) is 0 Å². The molecule has 2 aromatic carbocycles. The van der Waals surface area contributed by atoms with Gasteiger partial charge in [-0.05, 0) is 12.8 Å². The van der Waals surface area contributed by atoms with Crippen LogP contribution in [0.25, 0.3) is 11.1 Å². The molecule has 0 saturated heterocycles. The molecular weight excluding hydrogens is 306 g/mol. The maximum absolute atomic E-state index is 6.59. The van der Waals surface area contributed by atoms with Gasteiger partial charge in [0.15, 0.2) is 0 Å². The quantitative estimate of drug-likeness (QED) is 0.286. The van der Waals surface area contributed by atoms with Crippen molar-refractivity contribution in [3.8, 4) is 17.0 Å². The van der Waals surface area contributed by atoms with Gasteiger partial charge in [0.05, 0.1) is 0 Å². The molecule has 2 rings (SSSR count). The molecule has 104 valence electrons. The predicted molar refractivity (Wildman–Crippen MR) is 86.6 cm³/mol. The smallest absolute Gasteiger partial charge is 0.694 e. The molecular formula is C20H22Zn. The molecule has 0 heterocycles. The van der Waals surface area contributed by atoms with Gasteiger partial charge in [-0.3, -0.25) is 0 Å². The first-order valence-corrected chi connectivity index (χ1v) is 7.30. The Bertz CT molecular complexity index is 445. The fraction of sp³-hybridized carbons (Fsp3) is 0.300. The van der Waals surface area contributed by atoms with Crippen LogP contribution >= 0.6 is 0 Å². The van der Waals surface area contributed by atoms with Crippen LogP contribution in [-0.4, -0.2) is 0 Å². The van der Waals surface area contributed by atoms with Crippen LogP contribution in [0.2, 0.25) is 0 Å². The number of benzene rings is 2. The van der Waals surface area contributed by atoms with Gasteiger partial charge in [0.2, 0.25) is 0 Å². The Morgan fingerprint density at radius 2 is 1.67 bits per heavy atom. The molecule has 0 saturated carbocycles. The third kappa shape index (κ3) is 9.22. The van der Waals surface area contributed by atoms with Gasteiger partial charge in [0.25, 0.3) is 0 Å². The van der Waals surface area contributed by atoms with E-state index in [2.05, 4.69) is 37.1 Å². The van der Waals surface area contributed by atoms with Crippen molar-refractivity contribution in [2.75, 3.05) is 0 Å². The Balaban J connectivity index is 0.000000397. The molecule has 0 fully saturated rings. The van der Waals surface area contributed by atoms with Gasteiger partial charge >= 0.3 is 19.5 Å². The third-order valence-corrected chi connectivity index (χ3v) is 2.95. The fourth-order valence-electron chi connectivity index (χ4n) is 1.83. The first-order valence-electron chi connectivity index (χ1n) is 7.30. The van der Waals surface area contributed by atoms with Gasteiger partial charge in [-0.2, -0.15) is 0 Å². The summed E-state index contributed by atoms with van der Waals surface area (Å²) in [5.74, 6) is 2.38. The van der Waals surface area contributed by atoms with Gasteiger partial charge in [0.1, 0.15) is 0 Å². The molecule has 0 atom stereocenters. The zero-order valence-corrected chi connectivity index (χ0v) is 15.9. The molecule has 0 nitrogen and oxygen atoms in total. The van der Waals surface area contributed by atoms with E-state index in [0.717, 1.165) is 18.4 Å². The molecule has 21 heavy (non-hydrogen) atoms. The van der Waals surface area contributed by atoms with Crippen LogP contribution in [0.3, 0.4) is 0 Å². The largest absolute Gasteiger partial charge is 2.00 e. The maximum atomic E-state index is 6.59. The average molecular weight is 328 g/mol. The Morgan fingerprint density at radius 3 is 2.24 bits per heavy atom. The molecule has 0 aliphatic rings. The number of unbranched alkanes of at least 4 members (excludes halogenated alkanes) is 4. The van der Waals surface area contributed by atoms with E-state index in [-0.39, 0.29) is 19.5 Å². The van der Waals surface area contributed by atoms with E-state index in [4.69, 9.17) is 6.42 Å². The molecule has 1 heteroatoms. The maximum Gasteiger partial charge on any atom is 2.00 e. The molecule has 0 N–H and O–H groups in total. The summed E-state index contributed by atoms with van der Waals surface area (Å²) >= 11 is 0. The second-order valence-corrected chi connectivity index (χ2v) is 4.63. The third-order valence-electron chi connectivity index (χ3n) is 2.95. The van der Waals surface area contributed by atoms with Crippen LogP contribution in [0.1, 0.15) is 39.0 Å². The average Bonchev–Trinajstić information content (AvgIpc) is 2.54. The van der Waals surface area contributed by atoms with Crippen molar-refractivity contribution in [3.05, 3.63) is 67.1 Å². The van der Waals surface area contributed by atoms with Gasteiger partial charge in [-0.25, -0.2) is 0 Å². The Morgan fingerprint density at radius 1 is 0.952 bits per heavy atom. The summed E-state index contributed by atoms with van der Waals surface area (Å²) in [7, 11) is 0. The Hall–Kier alpha value is -1.38. The van der Waals surface area contributed by atoms with Crippen molar-refractivity contribution >= 4 is 0 Å². The molecule has 0 aliphatic carbocycles. The van der Waals surface area contributed by atoms with Gasteiger partial charge in [-0.1, -0.05) is 62.1 Å². The SMILES string of the molecule is [C-]#CCCCCCC.[Zn+2].[c-]1ccccc1-c1ccccc1. The molecule has 0 aromatic heterocycles. The molecule has 0 amide bonds. The van der Waals surface area contributed by atoms with E-state index < -0.39 is 0 Å². The summed E-state index contributed by atoms with van der Waals surface area (Å²) in [6, 6.07) is 21.5. The van der Waals surface area contributed by atoms with Crippen LogP contribution in [0, 0.1) is 18.4 Å². The summed E-state index contributed by atoms with van der Waals surface area (Å²) < 4.78 is 0. The summed E-state index contributed by atoms with van der Waals surface area (Å²) in [4.78, 5) is 0. The van der Waals surface area contributed by atoms with Crippen molar-refractivity contribution in [3.63, 3.8) is 0 Å². The van der Waals surface area contributed by atoms with Crippen LogP contribution in [0.15, 0.2) is 54.6 Å². The molecule has 0 radical (unpaired) electrons. The monoisotopic (exact) mass is 326 g/mol. The zero-order chi connectivity index (χ0) is 14.5. The second-order valence-electron chi connectivity index (χ2n) is 4.63. The first-order chi connectivity index (χ1) is 9.88. The van der Waals surface area contributed by atoms with E-state index in [0.29, 0.717) is 0 Å². The minimum absolute atomic E-state index is 0. The Labute approximate surface area is 142 Å². The van der Waals surface area contributed by atoms with Crippen molar-refractivity contribution in [1.29, 1.82) is 0 Å². The zero-order valence-electron chi connectivity index (χ0n) is 12.9. The van der Waals surface area contributed by atoms with E-state index in [1.807, 2.05) is 36.4 Å². The van der Waals surface area contributed by atoms with E-state index in [1.165, 1.54) is 24.8 Å². The number of rotatable bonds is 5. The molecule has 2 aromatic rings.